The van der Waals surface area contributed by atoms with Crippen molar-refractivity contribution in [3.63, 3.8) is 0 Å². The highest BCUT2D eigenvalue weighted by Gasteiger charge is 2.39. The van der Waals surface area contributed by atoms with Crippen LogP contribution in [-0.4, -0.2) is 26.3 Å². The van der Waals surface area contributed by atoms with Gasteiger partial charge in [-0.05, 0) is 52.9 Å². The molecule has 6 rings (SSSR count). The second kappa shape index (κ2) is 11.7. The van der Waals surface area contributed by atoms with E-state index in [1.807, 2.05) is 91.0 Å². The fraction of sp³-hybridized carbons (Fsp3) is 0.111. The molecule has 220 valence electrons. The van der Waals surface area contributed by atoms with Crippen LogP contribution in [0.2, 0.25) is 0 Å². The van der Waals surface area contributed by atoms with Gasteiger partial charge in [0.25, 0.3) is 0 Å². The molecule has 0 bridgehead atoms. The van der Waals surface area contributed by atoms with E-state index in [9.17, 15) is 23.5 Å². The van der Waals surface area contributed by atoms with Crippen molar-refractivity contribution in [1.29, 1.82) is 0 Å². The van der Waals surface area contributed by atoms with Crippen molar-refractivity contribution in [2.45, 2.75) is 18.0 Å². The number of halogens is 2. The molecule has 0 fully saturated rings. The van der Waals surface area contributed by atoms with Crippen molar-refractivity contribution >= 4 is 17.0 Å². The number of hydrogen-bond donors (Lipinski definition) is 2. The van der Waals surface area contributed by atoms with Crippen molar-refractivity contribution in [1.82, 2.24) is 14.5 Å². The van der Waals surface area contributed by atoms with E-state index in [1.54, 1.807) is 24.3 Å². The Morgan fingerprint density at radius 3 is 1.75 bits per heavy atom. The number of rotatable bonds is 9. The molecular formula is C36H29F2N3O3. The monoisotopic (exact) mass is 589 g/mol. The number of aryl methyl sites for hydroxylation is 1. The van der Waals surface area contributed by atoms with Crippen LogP contribution in [0.25, 0.3) is 16.7 Å². The molecule has 0 aliphatic rings. The van der Waals surface area contributed by atoms with Gasteiger partial charge in [-0.25, -0.2) is 13.6 Å². The highest BCUT2D eigenvalue weighted by Crippen LogP contribution is 2.37. The zero-order valence-corrected chi connectivity index (χ0v) is 23.8. The van der Waals surface area contributed by atoms with Gasteiger partial charge >= 0.3 is 11.7 Å². The molecule has 0 saturated carbocycles. The van der Waals surface area contributed by atoms with E-state index in [-0.39, 0.29) is 17.5 Å². The number of imidazole rings is 1. The summed E-state index contributed by atoms with van der Waals surface area (Å²) in [5.41, 5.74) is 2.22. The summed E-state index contributed by atoms with van der Waals surface area (Å²) in [4.78, 5) is 25.9. The maximum atomic E-state index is 14.8. The van der Waals surface area contributed by atoms with Crippen molar-refractivity contribution < 1.29 is 18.7 Å². The van der Waals surface area contributed by atoms with Crippen LogP contribution in [0.5, 0.6) is 0 Å². The van der Waals surface area contributed by atoms with Gasteiger partial charge in [0.15, 0.2) is 11.6 Å². The van der Waals surface area contributed by atoms with Gasteiger partial charge in [0, 0.05) is 7.05 Å². The fourth-order valence-electron chi connectivity index (χ4n) is 5.89. The van der Waals surface area contributed by atoms with Crippen LogP contribution in [-0.2, 0) is 23.8 Å². The zero-order chi connectivity index (χ0) is 30.8. The standard InChI is InChI=1S/C36H29F2N3O3/c1-40-31-22-21-29(37)32(38)33(31)41(35(40)44)28-19-17-24(18-20-28)23-30(34(42)43)39-36(25-11-5-2-6-12-25,26-13-7-3-8-14-26)27-15-9-4-10-16-27/h2-22,30,39H,23H2,1H3,(H,42,43). The topological polar surface area (TPSA) is 76.3 Å². The summed E-state index contributed by atoms with van der Waals surface area (Å²) < 4.78 is 31.3. The van der Waals surface area contributed by atoms with Crippen LogP contribution in [0.1, 0.15) is 22.3 Å². The van der Waals surface area contributed by atoms with Crippen LogP contribution < -0.4 is 11.0 Å². The molecule has 0 spiro atoms. The highest BCUT2D eigenvalue weighted by molar-refractivity contribution is 5.79. The van der Waals surface area contributed by atoms with Crippen LogP contribution in [0, 0.1) is 11.6 Å². The molecule has 8 heteroatoms. The molecule has 5 aromatic carbocycles. The van der Waals surface area contributed by atoms with Crippen molar-refractivity contribution in [3.05, 3.63) is 172 Å². The Morgan fingerprint density at radius 1 is 0.773 bits per heavy atom. The Hall–Kier alpha value is -5.34. The molecule has 0 aliphatic carbocycles. The number of nitrogens with one attached hydrogen (secondary N) is 1. The largest absolute Gasteiger partial charge is 0.480 e. The van der Waals surface area contributed by atoms with Crippen LogP contribution in [0.15, 0.2) is 132 Å². The van der Waals surface area contributed by atoms with Crippen molar-refractivity contribution in [2.75, 3.05) is 0 Å². The summed E-state index contributed by atoms with van der Waals surface area (Å²) in [5.74, 6) is -3.20. The Morgan fingerprint density at radius 2 is 1.27 bits per heavy atom. The lowest BCUT2D eigenvalue weighted by atomic mass is 9.76. The maximum absolute atomic E-state index is 14.8. The molecule has 1 heterocycles. The Kier molecular flexibility index (Phi) is 7.67. The van der Waals surface area contributed by atoms with E-state index >= 15 is 0 Å². The van der Waals surface area contributed by atoms with E-state index in [4.69, 9.17) is 0 Å². The number of carbonyl (C=O) groups is 1. The average Bonchev–Trinajstić information content (AvgIpc) is 3.32. The number of carboxylic acids is 1. The quantitative estimate of drug-likeness (QED) is 0.198. The molecule has 0 saturated heterocycles. The number of hydrogen-bond acceptors (Lipinski definition) is 3. The van der Waals surface area contributed by atoms with E-state index in [2.05, 4.69) is 5.32 Å². The molecule has 6 aromatic rings. The fourth-order valence-corrected chi connectivity index (χ4v) is 5.89. The zero-order valence-electron chi connectivity index (χ0n) is 23.8. The van der Waals surface area contributed by atoms with Gasteiger partial charge in [-0.2, -0.15) is 0 Å². The average molecular weight is 590 g/mol. The van der Waals surface area contributed by atoms with E-state index in [0.717, 1.165) is 27.3 Å². The maximum Gasteiger partial charge on any atom is 0.333 e. The number of nitrogens with zero attached hydrogens (tertiary/aromatic N) is 2. The molecule has 1 atom stereocenters. The van der Waals surface area contributed by atoms with Gasteiger partial charge in [0.05, 0.1) is 16.7 Å². The predicted octanol–water partition coefficient (Wildman–Crippen LogP) is 6.18. The molecular weight excluding hydrogens is 560 g/mol. The molecule has 0 amide bonds. The first kappa shape index (κ1) is 28.8. The third-order valence-corrected chi connectivity index (χ3v) is 8.05. The van der Waals surface area contributed by atoms with Gasteiger partial charge in [-0.3, -0.25) is 19.2 Å². The minimum Gasteiger partial charge on any atom is -0.480 e. The highest BCUT2D eigenvalue weighted by atomic mass is 19.2. The van der Waals surface area contributed by atoms with Gasteiger partial charge in [0.2, 0.25) is 0 Å². The normalized spacial score (nSPS) is 12.3. The number of carboxylic acid groups (broad SMARTS) is 1. The predicted molar refractivity (Wildman–Crippen MR) is 166 cm³/mol. The number of benzene rings is 5. The van der Waals surface area contributed by atoms with Crippen molar-refractivity contribution in [3.8, 4) is 5.69 Å². The summed E-state index contributed by atoms with van der Waals surface area (Å²) in [5, 5.41) is 14.0. The second-order valence-corrected chi connectivity index (χ2v) is 10.7. The van der Waals surface area contributed by atoms with Gasteiger partial charge < -0.3 is 5.11 Å². The first-order valence-corrected chi connectivity index (χ1v) is 14.1. The Bertz CT molecular complexity index is 1890. The van der Waals surface area contributed by atoms with Crippen molar-refractivity contribution in [2.24, 2.45) is 7.05 Å². The summed E-state index contributed by atoms with van der Waals surface area (Å²) in [6.07, 6.45) is 0.108. The van der Waals surface area contributed by atoms with E-state index in [0.29, 0.717) is 11.3 Å². The third-order valence-electron chi connectivity index (χ3n) is 8.05. The van der Waals surface area contributed by atoms with Crippen LogP contribution in [0.4, 0.5) is 8.78 Å². The summed E-state index contributed by atoms with van der Waals surface area (Å²) >= 11 is 0. The molecule has 1 aromatic heterocycles. The molecule has 44 heavy (non-hydrogen) atoms. The van der Waals surface area contributed by atoms with E-state index in [1.165, 1.54) is 17.7 Å². The third kappa shape index (κ3) is 4.99. The lowest BCUT2D eigenvalue weighted by molar-refractivity contribution is -0.139. The summed E-state index contributed by atoms with van der Waals surface area (Å²) in [6.45, 7) is 0. The van der Waals surface area contributed by atoms with E-state index < -0.39 is 34.9 Å². The lowest BCUT2D eigenvalue weighted by Gasteiger charge is -2.39. The molecule has 0 radical (unpaired) electrons. The number of aliphatic carboxylic acids is 1. The minimum absolute atomic E-state index is 0.108. The first-order chi connectivity index (χ1) is 21.3. The Labute approximate surface area is 252 Å². The van der Waals surface area contributed by atoms with Gasteiger partial charge in [-0.15, -0.1) is 0 Å². The SMILES string of the molecule is Cn1c(=O)n(-c2ccc(CC(NC(c3ccccc3)(c3ccccc3)c3ccccc3)C(=O)O)cc2)c2c(F)c(F)ccc21. The number of aromatic nitrogens is 2. The van der Waals surface area contributed by atoms with Crippen LogP contribution >= 0.6 is 0 Å². The summed E-state index contributed by atoms with van der Waals surface area (Å²) in [6, 6.07) is 37.1. The lowest BCUT2D eigenvalue weighted by Crippen LogP contribution is -2.53. The molecule has 2 N–H and O–H groups in total. The smallest absolute Gasteiger partial charge is 0.333 e. The molecule has 6 nitrogen and oxygen atoms in total. The molecule has 0 aliphatic heterocycles. The minimum atomic E-state index is -1.11. The number of fused-ring (bicyclic) bond motifs is 1. The van der Waals surface area contributed by atoms with Crippen LogP contribution in [0.3, 0.4) is 0 Å². The molecule has 1 unspecified atom stereocenters. The first-order valence-electron chi connectivity index (χ1n) is 14.1. The Balaban J connectivity index is 1.41. The van der Waals surface area contributed by atoms with Gasteiger partial charge in [-0.1, -0.05) is 103 Å². The van der Waals surface area contributed by atoms with Gasteiger partial charge in [0.1, 0.15) is 11.6 Å². The second-order valence-electron chi connectivity index (χ2n) is 10.7. The summed E-state index contributed by atoms with van der Waals surface area (Å²) in [7, 11) is 1.49.